The van der Waals surface area contributed by atoms with Gasteiger partial charge in [0.05, 0.1) is 17.4 Å². The van der Waals surface area contributed by atoms with Gasteiger partial charge in [0.2, 0.25) is 0 Å². The van der Waals surface area contributed by atoms with Crippen LogP contribution in [0.1, 0.15) is 24.0 Å². The maximum atomic E-state index is 11.9. The van der Waals surface area contributed by atoms with Crippen LogP contribution in [-0.2, 0) is 21.0 Å². The van der Waals surface area contributed by atoms with E-state index in [0.717, 1.165) is 12.0 Å². The molecule has 0 aliphatic heterocycles. The van der Waals surface area contributed by atoms with Crippen LogP contribution in [0.25, 0.3) is 0 Å². The van der Waals surface area contributed by atoms with E-state index in [1.807, 2.05) is 24.3 Å². The average Bonchev–Trinajstić information content (AvgIpc) is 2.96. The van der Waals surface area contributed by atoms with Crippen molar-refractivity contribution in [3.05, 3.63) is 35.4 Å². The Labute approximate surface area is 114 Å². The molecule has 2 rings (SSSR count). The molecule has 1 aliphatic rings. The molecule has 1 saturated carbocycles. The van der Waals surface area contributed by atoms with E-state index in [1.54, 1.807) is 7.11 Å². The third-order valence-corrected chi connectivity index (χ3v) is 5.54. The van der Waals surface area contributed by atoms with E-state index in [4.69, 9.17) is 10.5 Å². The molecule has 0 saturated heterocycles. The first-order valence-electron chi connectivity index (χ1n) is 6.40. The van der Waals surface area contributed by atoms with E-state index >= 15 is 0 Å². The average molecular weight is 283 g/mol. The van der Waals surface area contributed by atoms with Crippen molar-refractivity contribution in [3.63, 3.8) is 0 Å². The summed E-state index contributed by atoms with van der Waals surface area (Å²) in [7, 11) is -1.63. The summed E-state index contributed by atoms with van der Waals surface area (Å²) >= 11 is 0. The zero-order valence-corrected chi connectivity index (χ0v) is 12.4. The molecule has 0 amide bonds. The summed E-state index contributed by atoms with van der Waals surface area (Å²) in [6.45, 7) is 2.34. The number of rotatable bonds is 5. The third kappa shape index (κ3) is 2.55. The van der Waals surface area contributed by atoms with Gasteiger partial charge >= 0.3 is 0 Å². The minimum atomic E-state index is -3.18. The van der Waals surface area contributed by atoms with E-state index in [0.29, 0.717) is 0 Å². The van der Waals surface area contributed by atoms with Gasteiger partial charge in [0.1, 0.15) is 0 Å². The van der Waals surface area contributed by atoms with Gasteiger partial charge in [-0.25, -0.2) is 8.42 Å². The molecule has 1 aromatic carbocycles. The quantitative estimate of drug-likeness (QED) is 0.878. The van der Waals surface area contributed by atoms with Crippen molar-refractivity contribution < 1.29 is 13.2 Å². The molecular weight excluding hydrogens is 262 g/mol. The normalized spacial score (nSPS) is 30.3. The maximum Gasteiger partial charge on any atom is 0.152 e. The topological polar surface area (TPSA) is 69.4 Å². The zero-order chi connectivity index (χ0) is 14.3. The lowest BCUT2D eigenvalue weighted by atomic mass is 10.0. The van der Waals surface area contributed by atoms with Crippen molar-refractivity contribution in [1.82, 2.24) is 0 Å². The molecular formula is C14H21NO3S. The molecule has 0 aromatic heterocycles. The Hall–Kier alpha value is -0.910. The molecule has 1 aliphatic carbocycles. The van der Waals surface area contributed by atoms with Gasteiger partial charge < -0.3 is 10.5 Å². The van der Waals surface area contributed by atoms with Gasteiger partial charge in [-0.05, 0) is 17.5 Å². The summed E-state index contributed by atoms with van der Waals surface area (Å²) in [5, 5.41) is -0.549. The maximum absolute atomic E-state index is 11.9. The summed E-state index contributed by atoms with van der Waals surface area (Å²) in [6, 6.07) is 8.01. The summed E-state index contributed by atoms with van der Waals surface area (Å²) in [4.78, 5) is 0. The van der Waals surface area contributed by atoms with Crippen LogP contribution in [0.5, 0.6) is 0 Å². The van der Waals surface area contributed by atoms with E-state index in [1.165, 1.54) is 11.8 Å². The fourth-order valence-electron chi connectivity index (χ4n) is 2.94. The molecule has 106 valence electrons. The van der Waals surface area contributed by atoms with Crippen LogP contribution >= 0.6 is 0 Å². The Bertz CT molecular complexity index is 553. The van der Waals surface area contributed by atoms with Crippen LogP contribution in [0.2, 0.25) is 0 Å². The number of hydrogen-bond donors (Lipinski definition) is 1. The molecule has 1 aromatic rings. The van der Waals surface area contributed by atoms with Crippen molar-refractivity contribution in [2.75, 3.05) is 20.0 Å². The van der Waals surface area contributed by atoms with Gasteiger partial charge in [0, 0.05) is 19.3 Å². The Morgan fingerprint density at radius 3 is 2.32 bits per heavy atom. The van der Waals surface area contributed by atoms with Crippen molar-refractivity contribution in [2.24, 2.45) is 5.73 Å². The van der Waals surface area contributed by atoms with Crippen molar-refractivity contribution in [2.45, 2.75) is 30.1 Å². The van der Waals surface area contributed by atoms with Crippen LogP contribution in [0.3, 0.4) is 0 Å². The first-order valence-corrected chi connectivity index (χ1v) is 8.35. The fraction of sp³-hybridized carbons (Fsp3) is 0.571. The molecule has 5 heteroatoms. The first kappa shape index (κ1) is 14.5. The second kappa shape index (κ2) is 4.89. The van der Waals surface area contributed by atoms with Crippen LogP contribution in [0.15, 0.2) is 24.3 Å². The Morgan fingerprint density at radius 1 is 1.32 bits per heavy atom. The van der Waals surface area contributed by atoms with E-state index in [2.05, 4.69) is 6.92 Å². The number of benzene rings is 1. The standard InChI is InChI=1S/C14H21NO3S/c1-4-10-5-7-11(8-6-10)12-13(19(3,16)17)14(12,15)9-18-2/h5-8,12-13H,4,9,15H2,1-3H3/t12-,13-,14+/m1/s1. The molecule has 0 unspecified atom stereocenters. The lowest BCUT2D eigenvalue weighted by Gasteiger charge is -2.10. The van der Waals surface area contributed by atoms with Gasteiger partial charge in [0.25, 0.3) is 0 Å². The Kier molecular flexibility index (Phi) is 3.73. The summed E-state index contributed by atoms with van der Waals surface area (Å²) in [5.74, 6) is -0.173. The highest BCUT2D eigenvalue weighted by molar-refractivity contribution is 7.91. The minimum Gasteiger partial charge on any atom is -0.383 e. The molecule has 0 radical (unpaired) electrons. The van der Waals surface area contributed by atoms with Gasteiger partial charge in [-0.15, -0.1) is 0 Å². The third-order valence-electron chi connectivity index (χ3n) is 3.91. The molecule has 0 bridgehead atoms. The fourth-order valence-corrected chi connectivity index (χ4v) is 4.77. The second-order valence-electron chi connectivity index (χ2n) is 5.37. The van der Waals surface area contributed by atoms with Crippen molar-refractivity contribution in [3.8, 4) is 0 Å². The van der Waals surface area contributed by atoms with Gasteiger partial charge in [-0.1, -0.05) is 31.2 Å². The lowest BCUT2D eigenvalue weighted by Crippen LogP contribution is -2.35. The second-order valence-corrected chi connectivity index (χ2v) is 7.54. The van der Waals surface area contributed by atoms with Gasteiger partial charge in [0.15, 0.2) is 9.84 Å². The Morgan fingerprint density at radius 2 is 1.89 bits per heavy atom. The van der Waals surface area contributed by atoms with E-state index in [-0.39, 0.29) is 12.5 Å². The predicted molar refractivity (Wildman–Crippen MR) is 76.0 cm³/mol. The number of sulfone groups is 1. The number of ether oxygens (including phenoxy) is 1. The van der Waals surface area contributed by atoms with Gasteiger partial charge in [-0.2, -0.15) is 0 Å². The first-order chi connectivity index (χ1) is 8.84. The van der Waals surface area contributed by atoms with Crippen molar-refractivity contribution >= 4 is 9.84 Å². The number of hydrogen-bond acceptors (Lipinski definition) is 4. The number of nitrogens with two attached hydrogens (primary N) is 1. The summed E-state index contributed by atoms with van der Waals surface area (Å²) in [6.07, 6.45) is 2.21. The molecule has 3 atom stereocenters. The van der Waals surface area contributed by atoms with Crippen LogP contribution in [-0.4, -0.2) is 39.2 Å². The van der Waals surface area contributed by atoms with E-state index < -0.39 is 20.6 Å². The molecule has 4 nitrogen and oxygen atoms in total. The van der Waals surface area contributed by atoms with Gasteiger partial charge in [-0.3, -0.25) is 0 Å². The predicted octanol–water partition coefficient (Wildman–Crippen LogP) is 1.10. The molecule has 1 fully saturated rings. The molecule has 2 N–H and O–H groups in total. The van der Waals surface area contributed by atoms with Crippen LogP contribution in [0.4, 0.5) is 0 Å². The molecule has 0 spiro atoms. The highest BCUT2D eigenvalue weighted by atomic mass is 32.2. The lowest BCUT2D eigenvalue weighted by molar-refractivity contribution is 0.171. The van der Waals surface area contributed by atoms with E-state index in [9.17, 15) is 8.42 Å². The summed E-state index contributed by atoms with van der Waals surface area (Å²) < 4.78 is 28.8. The van der Waals surface area contributed by atoms with Crippen LogP contribution in [0, 0.1) is 0 Å². The zero-order valence-electron chi connectivity index (χ0n) is 11.6. The molecule has 0 heterocycles. The Balaban J connectivity index is 2.32. The minimum absolute atomic E-state index is 0.173. The highest BCUT2D eigenvalue weighted by Crippen LogP contribution is 2.53. The van der Waals surface area contributed by atoms with Crippen LogP contribution < -0.4 is 5.73 Å². The highest BCUT2D eigenvalue weighted by Gasteiger charge is 2.67. The number of methoxy groups -OCH3 is 1. The molecule has 19 heavy (non-hydrogen) atoms. The van der Waals surface area contributed by atoms with Crippen molar-refractivity contribution in [1.29, 1.82) is 0 Å². The monoisotopic (exact) mass is 283 g/mol. The largest absolute Gasteiger partial charge is 0.383 e. The summed E-state index contributed by atoms with van der Waals surface area (Å²) in [5.41, 5.74) is 7.64. The SMILES string of the molecule is CCc1ccc([C@@H]2[C@@H](S(C)(=O)=O)[C@]2(N)COC)cc1. The smallest absolute Gasteiger partial charge is 0.152 e. The number of aryl methyl sites for hydroxylation is 1.